The lowest BCUT2D eigenvalue weighted by atomic mass is 9.58. The molecule has 29 heavy (non-hydrogen) atoms. The SMILES string of the molecule is CC.CCC(C)C(N(C)C)C1(C2C=CC(C)C2)CCN2CC=CC(CC)C21.CS. The predicted octanol–water partition coefficient (Wildman–Crippen LogP) is 6.40. The number of thiol groups is 1. The van der Waals surface area contributed by atoms with Crippen molar-refractivity contribution in [3.05, 3.63) is 24.3 Å². The summed E-state index contributed by atoms with van der Waals surface area (Å²) in [6.07, 6.45) is 17.0. The van der Waals surface area contributed by atoms with Crippen LogP contribution in [0.2, 0.25) is 0 Å². The van der Waals surface area contributed by atoms with Gasteiger partial charge in [-0.3, -0.25) is 4.90 Å². The van der Waals surface area contributed by atoms with Gasteiger partial charge in [0.05, 0.1) is 0 Å². The van der Waals surface area contributed by atoms with Crippen molar-refractivity contribution >= 4 is 12.6 Å². The highest BCUT2D eigenvalue weighted by Crippen LogP contribution is 2.56. The first-order valence-electron chi connectivity index (χ1n) is 12.2. The molecule has 0 spiro atoms. The molecule has 0 bridgehead atoms. The van der Waals surface area contributed by atoms with E-state index in [1.54, 1.807) is 6.26 Å². The van der Waals surface area contributed by atoms with Gasteiger partial charge in [-0.2, -0.15) is 12.6 Å². The minimum Gasteiger partial charge on any atom is -0.306 e. The first-order valence-corrected chi connectivity index (χ1v) is 13.0. The summed E-state index contributed by atoms with van der Waals surface area (Å²) in [6.45, 7) is 16.1. The molecule has 7 unspecified atom stereocenters. The third-order valence-corrected chi connectivity index (χ3v) is 7.65. The van der Waals surface area contributed by atoms with E-state index in [2.05, 4.69) is 88.5 Å². The van der Waals surface area contributed by atoms with E-state index in [4.69, 9.17) is 0 Å². The monoisotopic (exact) mass is 422 g/mol. The molecule has 0 N–H and O–H groups in total. The zero-order valence-corrected chi connectivity index (χ0v) is 21.8. The third kappa shape index (κ3) is 5.33. The average Bonchev–Trinajstić information content (AvgIpc) is 3.35. The number of hydrogen-bond donors (Lipinski definition) is 1. The Morgan fingerprint density at radius 3 is 2.28 bits per heavy atom. The summed E-state index contributed by atoms with van der Waals surface area (Å²) in [6, 6.07) is 1.37. The Hall–Kier alpha value is -0.250. The maximum absolute atomic E-state index is 3.53. The fourth-order valence-electron chi connectivity index (χ4n) is 6.64. The molecule has 1 aliphatic carbocycles. The molecule has 1 fully saturated rings. The second kappa shape index (κ2) is 12.6. The lowest BCUT2D eigenvalue weighted by Crippen LogP contribution is -2.60. The van der Waals surface area contributed by atoms with E-state index in [1.807, 2.05) is 13.8 Å². The van der Waals surface area contributed by atoms with Gasteiger partial charge in [0.1, 0.15) is 0 Å². The topological polar surface area (TPSA) is 6.48 Å². The zero-order valence-electron chi connectivity index (χ0n) is 20.9. The second-order valence-electron chi connectivity index (χ2n) is 9.30. The van der Waals surface area contributed by atoms with E-state index in [-0.39, 0.29) is 0 Å². The highest BCUT2D eigenvalue weighted by atomic mass is 32.1. The van der Waals surface area contributed by atoms with Crippen LogP contribution in [0.4, 0.5) is 0 Å². The third-order valence-electron chi connectivity index (χ3n) is 7.65. The van der Waals surface area contributed by atoms with E-state index in [1.165, 1.54) is 32.2 Å². The first kappa shape index (κ1) is 26.8. The fraction of sp³-hybridized carbons (Fsp3) is 0.846. The van der Waals surface area contributed by atoms with E-state index in [9.17, 15) is 0 Å². The molecule has 2 aliphatic heterocycles. The Morgan fingerprint density at radius 2 is 1.79 bits per heavy atom. The van der Waals surface area contributed by atoms with Crippen LogP contribution in [0.1, 0.15) is 67.2 Å². The summed E-state index contributed by atoms with van der Waals surface area (Å²) in [7, 11) is 4.67. The summed E-state index contributed by atoms with van der Waals surface area (Å²) in [4.78, 5) is 5.41. The summed E-state index contributed by atoms with van der Waals surface area (Å²) >= 11 is 3.53. The Bertz CT molecular complexity index is 515. The molecule has 0 radical (unpaired) electrons. The quantitative estimate of drug-likeness (QED) is 0.390. The van der Waals surface area contributed by atoms with Crippen molar-refractivity contribution in [3.63, 3.8) is 0 Å². The van der Waals surface area contributed by atoms with Gasteiger partial charge in [0.25, 0.3) is 0 Å². The van der Waals surface area contributed by atoms with Crippen molar-refractivity contribution in [3.8, 4) is 0 Å². The number of fused-ring (bicyclic) bond motifs is 1. The van der Waals surface area contributed by atoms with Crippen molar-refractivity contribution in [2.75, 3.05) is 33.4 Å². The normalized spacial score (nSPS) is 35.4. The Morgan fingerprint density at radius 1 is 1.14 bits per heavy atom. The molecule has 3 rings (SSSR count). The predicted molar refractivity (Wildman–Crippen MR) is 135 cm³/mol. The van der Waals surface area contributed by atoms with Crippen LogP contribution < -0.4 is 0 Å². The van der Waals surface area contributed by atoms with Crippen molar-refractivity contribution in [1.29, 1.82) is 0 Å². The summed E-state index contributed by atoms with van der Waals surface area (Å²) < 4.78 is 0. The van der Waals surface area contributed by atoms with Gasteiger partial charge >= 0.3 is 0 Å². The zero-order chi connectivity index (χ0) is 22.2. The van der Waals surface area contributed by atoms with Gasteiger partial charge in [0.15, 0.2) is 0 Å². The average molecular weight is 423 g/mol. The van der Waals surface area contributed by atoms with E-state index < -0.39 is 0 Å². The van der Waals surface area contributed by atoms with Crippen molar-refractivity contribution in [1.82, 2.24) is 9.80 Å². The van der Waals surface area contributed by atoms with Gasteiger partial charge in [0.2, 0.25) is 0 Å². The van der Waals surface area contributed by atoms with Gasteiger partial charge in [0, 0.05) is 24.0 Å². The lowest BCUT2D eigenvalue weighted by molar-refractivity contribution is -0.0274. The van der Waals surface area contributed by atoms with Gasteiger partial charge in [-0.15, -0.1) is 0 Å². The van der Waals surface area contributed by atoms with Crippen LogP contribution >= 0.6 is 12.6 Å². The smallest absolute Gasteiger partial charge is 0.0239 e. The summed E-state index contributed by atoms with van der Waals surface area (Å²) in [5.41, 5.74) is 0.394. The molecular weight excluding hydrogens is 372 g/mol. The highest BCUT2D eigenvalue weighted by Gasteiger charge is 2.59. The Kier molecular flexibility index (Phi) is 11.6. The Labute approximate surface area is 188 Å². The lowest BCUT2D eigenvalue weighted by Gasteiger charge is -2.54. The van der Waals surface area contributed by atoms with Crippen LogP contribution in [0.15, 0.2) is 24.3 Å². The maximum Gasteiger partial charge on any atom is 0.0239 e. The minimum atomic E-state index is 0.394. The molecule has 3 heteroatoms. The largest absolute Gasteiger partial charge is 0.306 e. The molecule has 0 aromatic rings. The highest BCUT2D eigenvalue weighted by molar-refractivity contribution is 7.79. The maximum atomic E-state index is 3.53. The standard InChI is InChI=1S/C23H40N2.C2H6.CH4S/c1-7-18(4)21(24(5)6)23(20-12-11-17(3)16-20)13-15-25-14-9-10-19(8-2)22(23)25;2*1-2/h9-12,17-22H,7-8,13-16H2,1-6H3;1-2H3;2H,1H3. The van der Waals surface area contributed by atoms with Crippen LogP contribution in [0.5, 0.6) is 0 Å². The molecular formula is C26H50N2S. The molecule has 170 valence electrons. The van der Waals surface area contributed by atoms with Crippen LogP contribution in [0.3, 0.4) is 0 Å². The van der Waals surface area contributed by atoms with Gasteiger partial charge in [-0.05, 0) is 69.8 Å². The minimum absolute atomic E-state index is 0.394. The number of allylic oxidation sites excluding steroid dienone is 2. The molecule has 2 heterocycles. The molecule has 7 atom stereocenters. The van der Waals surface area contributed by atoms with Crippen LogP contribution in [0, 0.1) is 29.1 Å². The molecule has 0 aromatic carbocycles. The van der Waals surface area contributed by atoms with Gasteiger partial charge < -0.3 is 4.90 Å². The van der Waals surface area contributed by atoms with Crippen molar-refractivity contribution in [2.24, 2.45) is 29.1 Å². The number of nitrogens with zero attached hydrogens (tertiary/aromatic N) is 2. The summed E-state index contributed by atoms with van der Waals surface area (Å²) in [5.74, 6) is 2.93. The van der Waals surface area contributed by atoms with E-state index in [0.29, 0.717) is 23.4 Å². The molecule has 0 saturated carbocycles. The molecule has 3 aliphatic rings. The van der Waals surface area contributed by atoms with Crippen molar-refractivity contribution < 1.29 is 0 Å². The number of hydrogen-bond acceptors (Lipinski definition) is 3. The molecule has 0 amide bonds. The van der Waals surface area contributed by atoms with Crippen molar-refractivity contribution in [2.45, 2.75) is 79.3 Å². The first-order chi connectivity index (χ1) is 14.0. The molecule has 1 saturated heterocycles. The van der Waals surface area contributed by atoms with Gasteiger partial charge in [-0.25, -0.2) is 0 Å². The van der Waals surface area contributed by atoms with Gasteiger partial charge in [-0.1, -0.05) is 72.3 Å². The fourth-order valence-corrected chi connectivity index (χ4v) is 6.64. The van der Waals surface area contributed by atoms with Crippen LogP contribution in [0.25, 0.3) is 0 Å². The number of rotatable bonds is 6. The van der Waals surface area contributed by atoms with Crippen LogP contribution in [-0.2, 0) is 0 Å². The van der Waals surface area contributed by atoms with E-state index >= 15 is 0 Å². The summed E-state index contributed by atoms with van der Waals surface area (Å²) in [5, 5.41) is 0. The molecule has 0 aromatic heterocycles. The molecule has 2 nitrogen and oxygen atoms in total. The second-order valence-corrected chi connectivity index (χ2v) is 9.30. The van der Waals surface area contributed by atoms with Crippen LogP contribution in [-0.4, -0.2) is 55.3 Å². The van der Waals surface area contributed by atoms with E-state index in [0.717, 1.165) is 24.3 Å². The Balaban J connectivity index is 0.000000989.